The molecule has 1 atom stereocenters. The highest BCUT2D eigenvalue weighted by Gasteiger charge is 2.26. The second kappa shape index (κ2) is 5.22. The van der Waals surface area contributed by atoms with Crippen LogP contribution in [-0.2, 0) is 0 Å². The van der Waals surface area contributed by atoms with Gasteiger partial charge in [0.1, 0.15) is 0 Å². The number of halogens is 3. The molecule has 0 N–H and O–H groups in total. The van der Waals surface area contributed by atoms with Crippen LogP contribution >= 0.6 is 11.6 Å². The molecule has 1 amide bonds. The smallest absolute Gasteiger partial charge is 0.255 e. The highest BCUT2D eigenvalue weighted by molar-refractivity contribution is 6.33. The fraction of sp³-hybridized carbons (Fsp3) is 0.462. The number of carbonyl (C=O) groups excluding carboxylic acids is 1. The van der Waals surface area contributed by atoms with Crippen molar-refractivity contribution in [3.63, 3.8) is 0 Å². The van der Waals surface area contributed by atoms with E-state index >= 15 is 0 Å². The minimum Gasteiger partial charge on any atom is -0.336 e. The zero-order chi connectivity index (χ0) is 13.3. The molecule has 2 nitrogen and oxygen atoms in total. The first-order valence-electron chi connectivity index (χ1n) is 5.96. The molecule has 1 aromatic rings. The molecular weight excluding hydrogens is 260 g/mol. The van der Waals surface area contributed by atoms with E-state index < -0.39 is 11.6 Å². The van der Waals surface area contributed by atoms with E-state index in [0.717, 1.165) is 31.4 Å². The predicted molar refractivity (Wildman–Crippen MR) is 65.7 cm³/mol. The quantitative estimate of drug-likeness (QED) is 0.716. The molecule has 0 aromatic heterocycles. The van der Waals surface area contributed by atoms with E-state index in [9.17, 15) is 13.6 Å². The molecule has 0 aliphatic carbocycles. The van der Waals surface area contributed by atoms with Gasteiger partial charge in [-0.25, -0.2) is 8.78 Å². The van der Waals surface area contributed by atoms with Gasteiger partial charge in [-0.15, -0.1) is 0 Å². The molecule has 1 aliphatic rings. The normalized spacial score (nSPS) is 20.0. The van der Waals surface area contributed by atoms with E-state index in [1.165, 1.54) is 0 Å². The van der Waals surface area contributed by atoms with Crippen molar-refractivity contribution >= 4 is 17.5 Å². The summed E-state index contributed by atoms with van der Waals surface area (Å²) in [7, 11) is 0. The zero-order valence-electron chi connectivity index (χ0n) is 10.0. The number of hydrogen-bond donors (Lipinski definition) is 0. The maximum absolute atomic E-state index is 13.2. The fourth-order valence-electron chi connectivity index (χ4n) is 2.24. The molecule has 5 heteroatoms. The van der Waals surface area contributed by atoms with Crippen molar-refractivity contribution in [2.75, 3.05) is 6.54 Å². The van der Waals surface area contributed by atoms with Gasteiger partial charge in [-0.05, 0) is 38.3 Å². The summed E-state index contributed by atoms with van der Waals surface area (Å²) in [5.74, 6) is -2.42. The average molecular weight is 274 g/mol. The molecule has 98 valence electrons. The standard InChI is InChI=1S/C13H14ClF2NO/c1-8-4-2-3-5-17(8)13(18)9-6-11(15)12(16)7-10(9)14/h6-8H,2-5H2,1H3/t8-/m1/s1. The molecule has 2 rings (SSSR count). The predicted octanol–water partition coefficient (Wildman–Crippen LogP) is 3.63. The number of hydrogen-bond acceptors (Lipinski definition) is 1. The van der Waals surface area contributed by atoms with E-state index in [-0.39, 0.29) is 22.5 Å². The lowest BCUT2D eigenvalue weighted by molar-refractivity contribution is 0.0635. The Kier molecular flexibility index (Phi) is 3.85. The minimum atomic E-state index is -1.05. The van der Waals surface area contributed by atoms with Gasteiger partial charge in [-0.1, -0.05) is 11.6 Å². The maximum Gasteiger partial charge on any atom is 0.255 e. The van der Waals surface area contributed by atoms with E-state index in [0.29, 0.717) is 6.54 Å². The van der Waals surface area contributed by atoms with Crippen LogP contribution in [0, 0.1) is 11.6 Å². The molecule has 18 heavy (non-hydrogen) atoms. The first-order chi connectivity index (χ1) is 8.50. The van der Waals surface area contributed by atoms with Crippen molar-refractivity contribution < 1.29 is 13.6 Å². The van der Waals surface area contributed by atoms with E-state index in [1.807, 2.05) is 6.92 Å². The Bertz CT molecular complexity index is 478. The molecule has 0 saturated carbocycles. The SMILES string of the molecule is C[C@@H]1CCCCN1C(=O)c1cc(F)c(F)cc1Cl. The molecule has 0 unspecified atom stereocenters. The summed E-state index contributed by atoms with van der Waals surface area (Å²) in [6.07, 6.45) is 2.93. The van der Waals surface area contributed by atoms with Crippen LogP contribution in [-0.4, -0.2) is 23.4 Å². The van der Waals surface area contributed by atoms with Crippen LogP contribution in [0.15, 0.2) is 12.1 Å². The summed E-state index contributed by atoms with van der Waals surface area (Å²) < 4.78 is 26.1. The van der Waals surface area contributed by atoms with Crippen LogP contribution in [0.25, 0.3) is 0 Å². The van der Waals surface area contributed by atoms with Gasteiger partial charge in [0.15, 0.2) is 11.6 Å². The van der Waals surface area contributed by atoms with Gasteiger partial charge >= 0.3 is 0 Å². The third-order valence-electron chi connectivity index (χ3n) is 3.30. The molecule has 1 saturated heterocycles. The molecule has 0 spiro atoms. The molecule has 1 aromatic carbocycles. The van der Waals surface area contributed by atoms with Crippen molar-refractivity contribution in [1.82, 2.24) is 4.90 Å². The Hall–Kier alpha value is -1.16. The number of piperidine rings is 1. The molecule has 1 heterocycles. The van der Waals surface area contributed by atoms with Gasteiger partial charge in [0, 0.05) is 12.6 Å². The van der Waals surface area contributed by atoms with Gasteiger partial charge < -0.3 is 4.90 Å². The second-order valence-corrected chi connectivity index (χ2v) is 5.00. The number of nitrogens with zero attached hydrogens (tertiary/aromatic N) is 1. The van der Waals surface area contributed by atoms with Gasteiger partial charge in [-0.2, -0.15) is 0 Å². The topological polar surface area (TPSA) is 20.3 Å². The van der Waals surface area contributed by atoms with E-state index in [2.05, 4.69) is 0 Å². The van der Waals surface area contributed by atoms with Crippen molar-refractivity contribution in [1.29, 1.82) is 0 Å². The highest BCUT2D eigenvalue weighted by Crippen LogP contribution is 2.25. The van der Waals surface area contributed by atoms with E-state index in [1.54, 1.807) is 4.90 Å². The number of benzene rings is 1. The van der Waals surface area contributed by atoms with Crippen LogP contribution in [0.5, 0.6) is 0 Å². The van der Waals surface area contributed by atoms with Crippen molar-refractivity contribution in [3.05, 3.63) is 34.4 Å². The summed E-state index contributed by atoms with van der Waals surface area (Å²) in [6, 6.07) is 1.83. The monoisotopic (exact) mass is 273 g/mol. The third kappa shape index (κ3) is 2.48. The summed E-state index contributed by atoms with van der Waals surface area (Å²) in [5.41, 5.74) is 0.0318. The van der Waals surface area contributed by atoms with Gasteiger partial charge in [0.25, 0.3) is 5.91 Å². The van der Waals surface area contributed by atoms with Gasteiger partial charge in [0.05, 0.1) is 10.6 Å². The largest absolute Gasteiger partial charge is 0.336 e. The number of amides is 1. The average Bonchev–Trinajstić information content (AvgIpc) is 2.33. The summed E-state index contributed by atoms with van der Waals surface area (Å²) in [4.78, 5) is 13.9. The van der Waals surface area contributed by atoms with Crippen molar-refractivity contribution in [2.24, 2.45) is 0 Å². The van der Waals surface area contributed by atoms with Gasteiger partial charge in [-0.3, -0.25) is 4.79 Å². The van der Waals surface area contributed by atoms with Crippen LogP contribution in [0.4, 0.5) is 8.78 Å². The molecule has 0 radical (unpaired) electrons. The number of likely N-dealkylation sites (tertiary alicyclic amines) is 1. The summed E-state index contributed by atoms with van der Waals surface area (Å²) >= 11 is 5.81. The Labute approximate surface area is 110 Å². The van der Waals surface area contributed by atoms with Crippen LogP contribution in [0.3, 0.4) is 0 Å². The van der Waals surface area contributed by atoms with Crippen molar-refractivity contribution in [3.8, 4) is 0 Å². The summed E-state index contributed by atoms with van der Waals surface area (Å²) in [6.45, 7) is 2.58. The van der Waals surface area contributed by atoms with Crippen LogP contribution in [0.2, 0.25) is 5.02 Å². The summed E-state index contributed by atoms with van der Waals surface area (Å²) in [5, 5.41) is -0.0447. The first-order valence-corrected chi connectivity index (χ1v) is 6.34. The van der Waals surface area contributed by atoms with Gasteiger partial charge in [0.2, 0.25) is 0 Å². The van der Waals surface area contributed by atoms with Crippen molar-refractivity contribution in [2.45, 2.75) is 32.2 Å². The lowest BCUT2D eigenvalue weighted by atomic mass is 10.0. The second-order valence-electron chi connectivity index (χ2n) is 4.59. The highest BCUT2D eigenvalue weighted by atomic mass is 35.5. The Morgan fingerprint density at radius 1 is 1.33 bits per heavy atom. The number of rotatable bonds is 1. The van der Waals surface area contributed by atoms with E-state index in [4.69, 9.17) is 11.6 Å². The number of carbonyl (C=O) groups is 1. The lowest BCUT2D eigenvalue weighted by Crippen LogP contribution is -2.42. The van der Waals surface area contributed by atoms with Crippen LogP contribution in [0.1, 0.15) is 36.5 Å². The molecule has 1 aliphatic heterocycles. The maximum atomic E-state index is 13.2. The third-order valence-corrected chi connectivity index (χ3v) is 3.62. The molecule has 1 fully saturated rings. The molecule has 0 bridgehead atoms. The molecular formula is C13H14ClF2NO. The lowest BCUT2D eigenvalue weighted by Gasteiger charge is -2.33. The Morgan fingerprint density at radius 2 is 2.00 bits per heavy atom. The van der Waals surface area contributed by atoms with Crippen LogP contribution < -0.4 is 0 Å². The Balaban J connectivity index is 2.30. The fourth-order valence-corrected chi connectivity index (χ4v) is 2.47. The zero-order valence-corrected chi connectivity index (χ0v) is 10.8. The minimum absolute atomic E-state index is 0.0318. The first kappa shape index (κ1) is 13.3. The Morgan fingerprint density at radius 3 is 2.67 bits per heavy atom.